The highest BCUT2D eigenvalue weighted by Gasteiger charge is 2.34. The van der Waals surface area contributed by atoms with Crippen molar-refractivity contribution in [3.8, 4) is 22.9 Å². The second-order valence-electron chi connectivity index (χ2n) is 9.66. The zero-order valence-electron chi connectivity index (χ0n) is 21.9. The van der Waals surface area contributed by atoms with E-state index in [1.54, 1.807) is 31.3 Å². The van der Waals surface area contributed by atoms with Crippen LogP contribution in [0.25, 0.3) is 11.3 Å². The molecule has 1 unspecified atom stereocenters. The number of hydrogen-bond acceptors (Lipinski definition) is 6. The number of benzene rings is 2. The maximum absolute atomic E-state index is 13.6. The number of rotatable bonds is 7. The number of nitrogens with one attached hydrogen (secondary N) is 1. The second kappa shape index (κ2) is 10.5. The molecule has 0 fully saturated rings. The van der Waals surface area contributed by atoms with Gasteiger partial charge in [-0.2, -0.15) is 23.3 Å². The normalized spacial score (nSPS) is 15.4. The van der Waals surface area contributed by atoms with Gasteiger partial charge in [0.15, 0.2) is 0 Å². The Labute approximate surface area is 229 Å². The first-order valence-corrected chi connectivity index (χ1v) is 14.0. The molecule has 3 heterocycles. The number of sulfonamides is 1. The van der Waals surface area contributed by atoms with E-state index >= 15 is 0 Å². The monoisotopic (exact) mass is 572 g/mol. The van der Waals surface area contributed by atoms with Gasteiger partial charge in [-0.3, -0.25) is 9.40 Å². The minimum atomic E-state index is -4.51. The molecule has 12 heteroatoms. The van der Waals surface area contributed by atoms with Crippen LogP contribution in [-0.4, -0.2) is 35.9 Å². The van der Waals surface area contributed by atoms with Crippen molar-refractivity contribution in [3.63, 3.8) is 0 Å². The lowest BCUT2D eigenvalue weighted by molar-refractivity contribution is -0.137. The van der Waals surface area contributed by atoms with Gasteiger partial charge in [0, 0.05) is 42.4 Å². The number of anilines is 1. The van der Waals surface area contributed by atoms with Gasteiger partial charge in [-0.1, -0.05) is 18.2 Å². The van der Waals surface area contributed by atoms with Crippen LogP contribution in [0.3, 0.4) is 0 Å². The van der Waals surface area contributed by atoms with Crippen LogP contribution in [0.15, 0.2) is 71.8 Å². The fourth-order valence-electron chi connectivity index (χ4n) is 4.73. The molecule has 1 aliphatic rings. The lowest BCUT2D eigenvalue weighted by Gasteiger charge is -2.29. The number of pyridine rings is 1. The maximum atomic E-state index is 13.6. The molecule has 0 saturated carbocycles. The van der Waals surface area contributed by atoms with Crippen LogP contribution < -0.4 is 14.2 Å². The quantitative estimate of drug-likeness (QED) is 0.292. The molecule has 0 saturated heterocycles. The van der Waals surface area contributed by atoms with E-state index in [0.717, 1.165) is 12.1 Å². The number of ether oxygens (including phenoxy) is 2. The molecule has 0 spiro atoms. The predicted octanol–water partition coefficient (Wildman–Crippen LogP) is 6.00. The predicted molar refractivity (Wildman–Crippen MR) is 143 cm³/mol. The molecule has 1 atom stereocenters. The van der Waals surface area contributed by atoms with Crippen molar-refractivity contribution in [2.75, 3.05) is 11.3 Å². The highest BCUT2D eigenvalue weighted by molar-refractivity contribution is 7.92. The summed E-state index contributed by atoms with van der Waals surface area (Å²) >= 11 is 0. The molecular weight excluding hydrogens is 545 g/mol. The van der Waals surface area contributed by atoms with E-state index < -0.39 is 21.8 Å². The average Bonchev–Trinajstić information content (AvgIpc) is 3.32. The number of hydrogen-bond donors (Lipinski definition) is 1. The Morgan fingerprint density at radius 2 is 1.85 bits per heavy atom. The van der Waals surface area contributed by atoms with E-state index in [9.17, 15) is 21.6 Å². The van der Waals surface area contributed by atoms with Gasteiger partial charge in [-0.25, -0.2) is 8.42 Å². The Kier molecular flexibility index (Phi) is 7.21. The summed E-state index contributed by atoms with van der Waals surface area (Å²) in [6.07, 6.45) is -2.61. The Balaban J connectivity index is 1.50. The Bertz CT molecular complexity index is 1650. The number of aromatic nitrogens is 3. The molecule has 4 aromatic rings. The number of alkyl halides is 3. The molecule has 2 aromatic heterocycles. The minimum Gasteiger partial charge on any atom is -0.493 e. The van der Waals surface area contributed by atoms with E-state index in [4.69, 9.17) is 9.47 Å². The van der Waals surface area contributed by atoms with Crippen LogP contribution in [0.1, 0.15) is 42.9 Å². The maximum Gasteiger partial charge on any atom is 0.416 e. The van der Waals surface area contributed by atoms with Gasteiger partial charge in [-0.15, -0.1) is 0 Å². The molecule has 8 nitrogen and oxygen atoms in total. The van der Waals surface area contributed by atoms with Gasteiger partial charge in [0.2, 0.25) is 5.88 Å². The summed E-state index contributed by atoms with van der Waals surface area (Å²) in [6.45, 7) is 3.93. The van der Waals surface area contributed by atoms with Crippen LogP contribution in [0, 0.1) is 0 Å². The lowest BCUT2D eigenvalue weighted by Crippen LogP contribution is -2.19. The molecule has 210 valence electrons. The summed E-state index contributed by atoms with van der Waals surface area (Å²) in [4.78, 5) is 4.16. The highest BCUT2D eigenvalue weighted by Crippen LogP contribution is 2.44. The summed E-state index contributed by atoms with van der Waals surface area (Å²) in [5.41, 5.74) is 1.53. The van der Waals surface area contributed by atoms with Gasteiger partial charge < -0.3 is 9.47 Å². The number of aryl methyl sites for hydroxylation is 1. The van der Waals surface area contributed by atoms with Crippen molar-refractivity contribution < 1.29 is 31.1 Å². The first-order chi connectivity index (χ1) is 18.9. The standard InChI is InChI=1S/C28H27F3N4O4S/c1-17(2)39-27-6-4-5-26(33-27)34-40(36,37)19-8-10-22-21(12-14-38-25(22)16-19)20-9-7-18(28(29,30)31)15-23(20)24-11-13-32-35(24)3/h4-11,13,15-17,21H,12,14H2,1-3H3,(H,33,34). The molecule has 1 aliphatic heterocycles. The lowest BCUT2D eigenvalue weighted by atomic mass is 9.83. The number of fused-ring (bicyclic) bond motifs is 1. The largest absolute Gasteiger partial charge is 0.493 e. The highest BCUT2D eigenvalue weighted by atomic mass is 32.2. The molecule has 1 N–H and O–H groups in total. The zero-order valence-corrected chi connectivity index (χ0v) is 22.8. The third kappa shape index (κ3) is 5.62. The molecule has 0 bridgehead atoms. The fraction of sp³-hybridized carbons (Fsp3) is 0.286. The first-order valence-electron chi connectivity index (χ1n) is 12.5. The minimum absolute atomic E-state index is 0.0387. The van der Waals surface area contributed by atoms with E-state index in [-0.39, 0.29) is 35.2 Å². The van der Waals surface area contributed by atoms with Gasteiger partial charge in [0.05, 0.1) is 28.9 Å². The van der Waals surface area contributed by atoms with Crippen molar-refractivity contribution in [2.45, 2.75) is 43.4 Å². The van der Waals surface area contributed by atoms with Gasteiger partial charge in [-0.05, 0) is 56.2 Å². The van der Waals surface area contributed by atoms with E-state index in [2.05, 4.69) is 14.8 Å². The molecule has 0 amide bonds. The number of halogens is 3. The average molecular weight is 573 g/mol. The summed E-state index contributed by atoms with van der Waals surface area (Å²) in [7, 11) is -2.36. The summed E-state index contributed by atoms with van der Waals surface area (Å²) in [5.74, 6) is 0.403. The van der Waals surface area contributed by atoms with Crippen molar-refractivity contribution in [1.82, 2.24) is 14.8 Å². The Morgan fingerprint density at radius 3 is 2.55 bits per heavy atom. The van der Waals surface area contributed by atoms with Crippen LogP contribution in [0.5, 0.6) is 11.6 Å². The molecule has 0 aliphatic carbocycles. The smallest absolute Gasteiger partial charge is 0.416 e. The summed E-state index contributed by atoms with van der Waals surface area (Å²) in [5, 5.41) is 4.13. The first kappa shape index (κ1) is 27.5. The second-order valence-corrected chi connectivity index (χ2v) is 11.3. The molecule has 40 heavy (non-hydrogen) atoms. The SMILES string of the molecule is CC(C)Oc1cccc(NS(=O)(=O)c2ccc3c(c2)OCCC3c2ccc(C(F)(F)F)cc2-c2ccnn2C)n1. The molecule has 5 rings (SSSR count). The van der Waals surface area contributed by atoms with E-state index in [0.29, 0.717) is 34.6 Å². The molecule has 2 aromatic carbocycles. The summed E-state index contributed by atoms with van der Waals surface area (Å²) in [6, 6.07) is 14.6. The van der Waals surface area contributed by atoms with Crippen LogP contribution in [0.2, 0.25) is 0 Å². The fourth-order valence-corrected chi connectivity index (χ4v) is 5.75. The summed E-state index contributed by atoms with van der Waals surface area (Å²) < 4.78 is 82.5. The van der Waals surface area contributed by atoms with E-state index in [1.165, 1.54) is 35.1 Å². The Hall–Kier alpha value is -4.06. The van der Waals surface area contributed by atoms with Gasteiger partial charge >= 0.3 is 6.18 Å². The van der Waals surface area contributed by atoms with Crippen molar-refractivity contribution in [1.29, 1.82) is 0 Å². The molecule has 0 radical (unpaired) electrons. The molecular formula is C28H27F3N4O4S. The van der Waals surface area contributed by atoms with Crippen molar-refractivity contribution in [3.05, 3.63) is 83.6 Å². The van der Waals surface area contributed by atoms with Gasteiger partial charge in [0.1, 0.15) is 11.6 Å². The number of nitrogens with zero attached hydrogens (tertiary/aromatic N) is 3. The van der Waals surface area contributed by atoms with Crippen LogP contribution >= 0.6 is 0 Å². The topological polar surface area (TPSA) is 95.3 Å². The third-order valence-electron chi connectivity index (χ3n) is 6.51. The van der Waals surface area contributed by atoms with E-state index in [1.807, 2.05) is 13.8 Å². The Morgan fingerprint density at radius 1 is 1.07 bits per heavy atom. The van der Waals surface area contributed by atoms with Crippen LogP contribution in [0.4, 0.5) is 19.0 Å². The van der Waals surface area contributed by atoms with Crippen molar-refractivity contribution in [2.24, 2.45) is 7.05 Å². The van der Waals surface area contributed by atoms with Crippen LogP contribution in [-0.2, 0) is 23.2 Å². The van der Waals surface area contributed by atoms with Gasteiger partial charge in [0.25, 0.3) is 10.0 Å². The third-order valence-corrected chi connectivity index (χ3v) is 7.86. The van der Waals surface area contributed by atoms with Crippen molar-refractivity contribution >= 4 is 15.8 Å². The zero-order chi connectivity index (χ0) is 28.7.